The summed E-state index contributed by atoms with van der Waals surface area (Å²) in [6.07, 6.45) is 4.84. The molecule has 3 heterocycles. The van der Waals surface area contributed by atoms with Crippen LogP contribution in [0.2, 0.25) is 0 Å². The van der Waals surface area contributed by atoms with Gasteiger partial charge in [0.25, 0.3) is 0 Å². The van der Waals surface area contributed by atoms with Crippen LogP contribution in [0.4, 0.5) is 16.3 Å². The number of carbonyl (C=O) groups excluding carboxylic acids is 1. The quantitative estimate of drug-likeness (QED) is 0.750. The second kappa shape index (κ2) is 7.63. The molecule has 9 nitrogen and oxygen atoms in total. The molecule has 0 aliphatic carbocycles. The number of hydrogen-bond acceptors (Lipinski definition) is 6. The summed E-state index contributed by atoms with van der Waals surface area (Å²) in [5.74, 6) is 0.953. The monoisotopic (exact) mass is 378 g/mol. The Bertz CT molecular complexity index is 964. The minimum atomic E-state index is -0.101. The first kappa shape index (κ1) is 17.9. The molecule has 1 saturated heterocycles. The largest absolute Gasteiger partial charge is 0.353 e. The number of aromatic nitrogens is 5. The molecule has 1 fully saturated rings. The van der Waals surface area contributed by atoms with Crippen molar-refractivity contribution in [3.05, 3.63) is 54.5 Å². The molecule has 9 heteroatoms. The molecule has 2 amide bonds. The lowest BCUT2D eigenvalue weighted by Crippen LogP contribution is -2.50. The third-order valence-electron chi connectivity index (χ3n) is 4.99. The number of urea groups is 1. The van der Waals surface area contributed by atoms with Gasteiger partial charge < -0.3 is 15.1 Å². The Morgan fingerprint density at radius 3 is 2.54 bits per heavy atom. The van der Waals surface area contributed by atoms with Crippen LogP contribution in [0.5, 0.6) is 0 Å². The molecule has 3 aromatic rings. The Labute approximate surface area is 163 Å². The molecule has 0 bridgehead atoms. The van der Waals surface area contributed by atoms with E-state index in [4.69, 9.17) is 0 Å². The number of rotatable bonds is 3. The fourth-order valence-electron chi connectivity index (χ4n) is 3.25. The molecule has 144 valence electrons. The number of anilines is 2. The predicted molar refractivity (Wildman–Crippen MR) is 106 cm³/mol. The van der Waals surface area contributed by atoms with Gasteiger partial charge in [0.05, 0.1) is 5.69 Å². The second-order valence-electron chi connectivity index (χ2n) is 6.73. The van der Waals surface area contributed by atoms with Gasteiger partial charge in [0.15, 0.2) is 0 Å². The van der Waals surface area contributed by atoms with Gasteiger partial charge in [-0.2, -0.15) is 0 Å². The van der Waals surface area contributed by atoms with Gasteiger partial charge in [-0.1, -0.05) is 6.07 Å². The van der Waals surface area contributed by atoms with Crippen LogP contribution in [0.15, 0.2) is 43.2 Å². The molecule has 1 aliphatic heterocycles. The first-order valence-corrected chi connectivity index (χ1v) is 9.16. The molecule has 1 aromatic carbocycles. The molecule has 4 rings (SSSR count). The fourth-order valence-corrected chi connectivity index (χ4v) is 3.25. The number of nitrogens with zero attached hydrogens (tertiary/aromatic N) is 7. The lowest BCUT2D eigenvalue weighted by molar-refractivity contribution is 0.208. The number of aryl methyl sites for hydroxylation is 1. The Morgan fingerprint density at radius 1 is 1.04 bits per heavy atom. The number of piperazine rings is 1. The van der Waals surface area contributed by atoms with Gasteiger partial charge in [0.1, 0.15) is 24.8 Å². The fraction of sp³-hybridized carbons (Fsp3) is 0.316. The Kier molecular flexibility index (Phi) is 4.88. The maximum Gasteiger partial charge on any atom is 0.321 e. The number of hydrogen-bond donors (Lipinski definition) is 1. The lowest BCUT2D eigenvalue weighted by atomic mass is 10.2. The number of amides is 2. The van der Waals surface area contributed by atoms with Crippen LogP contribution in [-0.2, 0) is 0 Å². The average molecular weight is 378 g/mol. The van der Waals surface area contributed by atoms with E-state index < -0.39 is 0 Å². The summed E-state index contributed by atoms with van der Waals surface area (Å²) in [6.45, 7) is 6.78. The number of carbonyl (C=O) groups is 1. The van der Waals surface area contributed by atoms with E-state index in [1.807, 2.05) is 43.0 Å². The van der Waals surface area contributed by atoms with Gasteiger partial charge >= 0.3 is 6.03 Å². The van der Waals surface area contributed by atoms with Gasteiger partial charge in [-0.25, -0.2) is 14.8 Å². The molecule has 0 saturated carbocycles. The average Bonchev–Trinajstić information content (AvgIpc) is 3.25. The molecule has 0 spiro atoms. The molecule has 0 unspecified atom stereocenters. The highest BCUT2D eigenvalue weighted by atomic mass is 16.2. The van der Waals surface area contributed by atoms with Crippen LogP contribution in [0.25, 0.3) is 5.69 Å². The maximum atomic E-state index is 12.7. The topological polar surface area (TPSA) is 92.1 Å². The van der Waals surface area contributed by atoms with Crippen LogP contribution in [0.3, 0.4) is 0 Å². The third-order valence-corrected chi connectivity index (χ3v) is 4.99. The van der Waals surface area contributed by atoms with Crippen LogP contribution in [0.1, 0.15) is 11.3 Å². The van der Waals surface area contributed by atoms with Crippen molar-refractivity contribution in [2.45, 2.75) is 13.8 Å². The normalized spacial score (nSPS) is 14.2. The zero-order chi connectivity index (χ0) is 19.5. The summed E-state index contributed by atoms with van der Waals surface area (Å²) in [5, 5.41) is 10.6. The Hall–Kier alpha value is -3.49. The summed E-state index contributed by atoms with van der Waals surface area (Å²) >= 11 is 0. The number of benzene rings is 1. The second-order valence-corrected chi connectivity index (χ2v) is 6.73. The molecule has 28 heavy (non-hydrogen) atoms. The molecular formula is C19H22N8O. The van der Waals surface area contributed by atoms with E-state index in [9.17, 15) is 4.79 Å². The van der Waals surface area contributed by atoms with E-state index >= 15 is 0 Å². The summed E-state index contributed by atoms with van der Waals surface area (Å²) in [5.41, 5.74) is 3.70. The summed E-state index contributed by atoms with van der Waals surface area (Å²) in [7, 11) is 0. The SMILES string of the molecule is Cc1ncnc(N2CCN(C(=O)Nc3cccc(-n4cnnc4)c3)CC2)c1C. The summed E-state index contributed by atoms with van der Waals surface area (Å²) in [4.78, 5) is 25.3. The van der Waals surface area contributed by atoms with Crippen molar-refractivity contribution in [2.75, 3.05) is 36.4 Å². The van der Waals surface area contributed by atoms with E-state index in [1.165, 1.54) is 0 Å². The highest BCUT2D eigenvalue weighted by Gasteiger charge is 2.23. The summed E-state index contributed by atoms with van der Waals surface area (Å²) < 4.78 is 1.79. The van der Waals surface area contributed by atoms with E-state index in [0.717, 1.165) is 41.5 Å². The minimum Gasteiger partial charge on any atom is -0.353 e. The smallest absolute Gasteiger partial charge is 0.321 e. The van der Waals surface area contributed by atoms with Gasteiger partial charge in [-0.15, -0.1) is 10.2 Å². The zero-order valence-corrected chi connectivity index (χ0v) is 15.9. The molecule has 0 radical (unpaired) electrons. The van der Waals surface area contributed by atoms with Gasteiger partial charge in [-0.3, -0.25) is 4.57 Å². The van der Waals surface area contributed by atoms with Crippen molar-refractivity contribution in [1.82, 2.24) is 29.6 Å². The van der Waals surface area contributed by atoms with Crippen molar-refractivity contribution in [2.24, 2.45) is 0 Å². The van der Waals surface area contributed by atoms with Gasteiger partial charge in [0, 0.05) is 43.1 Å². The van der Waals surface area contributed by atoms with E-state index in [0.29, 0.717) is 13.1 Å². The molecular weight excluding hydrogens is 356 g/mol. The van der Waals surface area contributed by atoms with Crippen molar-refractivity contribution in [3.8, 4) is 5.69 Å². The molecule has 2 aromatic heterocycles. The van der Waals surface area contributed by atoms with Crippen molar-refractivity contribution < 1.29 is 4.79 Å². The third kappa shape index (κ3) is 3.64. The Balaban J connectivity index is 1.38. The number of nitrogens with one attached hydrogen (secondary N) is 1. The Morgan fingerprint density at radius 2 is 1.79 bits per heavy atom. The van der Waals surface area contributed by atoms with Crippen molar-refractivity contribution in [3.63, 3.8) is 0 Å². The minimum absolute atomic E-state index is 0.101. The lowest BCUT2D eigenvalue weighted by Gasteiger charge is -2.36. The van der Waals surface area contributed by atoms with Crippen LogP contribution in [-0.4, -0.2) is 61.8 Å². The van der Waals surface area contributed by atoms with Crippen molar-refractivity contribution >= 4 is 17.5 Å². The highest BCUT2D eigenvalue weighted by Crippen LogP contribution is 2.20. The van der Waals surface area contributed by atoms with E-state index in [1.54, 1.807) is 23.5 Å². The molecule has 1 aliphatic rings. The first-order valence-electron chi connectivity index (χ1n) is 9.16. The maximum absolute atomic E-state index is 12.7. The standard InChI is InChI=1S/C19H22N8O/c1-14-15(2)20-11-21-18(14)25-6-8-26(9-7-25)19(28)24-16-4-3-5-17(10-16)27-12-22-23-13-27/h3-5,10-13H,6-9H2,1-2H3,(H,24,28). The van der Waals surface area contributed by atoms with Crippen molar-refractivity contribution in [1.29, 1.82) is 0 Å². The first-order chi connectivity index (χ1) is 13.6. The zero-order valence-electron chi connectivity index (χ0n) is 15.9. The summed E-state index contributed by atoms with van der Waals surface area (Å²) in [6, 6.07) is 7.49. The van der Waals surface area contributed by atoms with E-state index in [-0.39, 0.29) is 6.03 Å². The highest BCUT2D eigenvalue weighted by molar-refractivity contribution is 5.89. The van der Waals surface area contributed by atoms with E-state index in [2.05, 4.69) is 30.4 Å². The molecule has 0 atom stereocenters. The van der Waals surface area contributed by atoms with Crippen LogP contribution < -0.4 is 10.2 Å². The van der Waals surface area contributed by atoms with Crippen LogP contribution in [0, 0.1) is 13.8 Å². The predicted octanol–water partition coefficient (Wildman–Crippen LogP) is 2.03. The van der Waals surface area contributed by atoms with Crippen LogP contribution >= 0.6 is 0 Å². The molecule has 1 N–H and O–H groups in total. The van der Waals surface area contributed by atoms with Gasteiger partial charge in [0.2, 0.25) is 0 Å². The van der Waals surface area contributed by atoms with Gasteiger partial charge in [-0.05, 0) is 32.0 Å².